The Morgan fingerprint density at radius 3 is 2.76 bits per heavy atom. The summed E-state index contributed by atoms with van der Waals surface area (Å²) >= 11 is 0. The lowest BCUT2D eigenvalue weighted by Gasteiger charge is -2.25. The van der Waals surface area contributed by atoms with E-state index in [4.69, 9.17) is 9.47 Å². The van der Waals surface area contributed by atoms with Crippen molar-refractivity contribution in [3.8, 4) is 5.75 Å². The van der Waals surface area contributed by atoms with Crippen LogP contribution in [0.1, 0.15) is 33.1 Å². The molecule has 5 nitrogen and oxygen atoms in total. The van der Waals surface area contributed by atoms with E-state index in [9.17, 15) is 4.39 Å². The maximum absolute atomic E-state index is 13.7. The van der Waals surface area contributed by atoms with Crippen LogP contribution in [-0.4, -0.2) is 44.4 Å². The highest BCUT2D eigenvalue weighted by atomic mass is 127. The number of para-hydroxylation sites is 1. The van der Waals surface area contributed by atoms with Gasteiger partial charge in [-0.25, -0.2) is 4.39 Å². The fraction of sp³-hybridized carbons (Fsp3) is 0.611. The SMILES string of the molecule is CCC(CNC(=NC)NCC1(C)CCCO1)Oc1ccccc1F.I. The zero-order chi connectivity index (χ0) is 17.4. The second kappa shape index (κ2) is 10.8. The second-order valence-electron chi connectivity index (χ2n) is 6.29. The van der Waals surface area contributed by atoms with Crippen LogP contribution < -0.4 is 15.4 Å². The van der Waals surface area contributed by atoms with Crippen LogP contribution in [0.2, 0.25) is 0 Å². The molecule has 1 aromatic rings. The third kappa shape index (κ3) is 6.97. The highest BCUT2D eigenvalue weighted by molar-refractivity contribution is 14.0. The first-order valence-electron chi connectivity index (χ1n) is 8.56. The molecular formula is C18H29FIN3O2. The molecule has 1 fully saturated rings. The van der Waals surface area contributed by atoms with Gasteiger partial charge in [0.1, 0.15) is 6.10 Å². The summed E-state index contributed by atoms with van der Waals surface area (Å²) < 4.78 is 25.2. The molecule has 2 N–H and O–H groups in total. The van der Waals surface area contributed by atoms with Crippen LogP contribution in [0, 0.1) is 5.82 Å². The largest absolute Gasteiger partial charge is 0.486 e. The highest BCUT2D eigenvalue weighted by Crippen LogP contribution is 2.23. The van der Waals surface area contributed by atoms with Crippen molar-refractivity contribution in [1.82, 2.24) is 10.6 Å². The first kappa shape index (κ1) is 22.0. The lowest BCUT2D eigenvalue weighted by atomic mass is 10.0. The molecule has 0 bridgehead atoms. The Kier molecular flexibility index (Phi) is 9.48. The van der Waals surface area contributed by atoms with Gasteiger partial charge in [0, 0.05) is 20.2 Å². The van der Waals surface area contributed by atoms with Crippen LogP contribution in [0.25, 0.3) is 0 Å². The van der Waals surface area contributed by atoms with Gasteiger partial charge in [0.25, 0.3) is 0 Å². The third-order valence-electron chi connectivity index (χ3n) is 4.24. The van der Waals surface area contributed by atoms with Crippen molar-refractivity contribution in [3.05, 3.63) is 30.1 Å². The van der Waals surface area contributed by atoms with E-state index >= 15 is 0 Å². The average Bonchev–Trinajstić information content (AvgIpc) is 3.02. The van der Waals surface area contributed by atoms with E-state index < -0.39 is 0 Å². The molecule has 0 radical (unpaired) electrons. The summed E-state index contributed by atoms with van der Waals surface area (Å²) in [5.74, 6) is 0.632. The van der Waals surface area contributed by atoms with Crippen molar-refractivity contribution in [3.63, 3.8) is 0 Å². The van der Waals surface area contributed by atoms with Gasteiger partial charge < -0.3 is 20.1 Å². The molecule has 1 aliphatic heterocycles. The van der Waals surface area contributed by atoms with E-state index in [1.54, 1.807) is 25.2 Å². The normalized spacial score (nSPS) is 21.4. The Bertz CT molecular complexity index is 551. The van der Waals surface area contributed by atoms with Crippen molar-refractivity contribution in [2.45, 2.75) is 44.8 Å². The average molecular weight is 465 g/mol. The summed E-state index contributed by atoms with van der Waals surface area (Å²) in [6.07, 6.45) is 2.77. The van der Waals surface area contributed by atoms with Crippen LogP contribution in [0.4, 0.5) is 4.39 Å². The van der Waals surface area contributed by atoms with Crippen molar-refractivity contribution < 1.29 is 13.9 Å². The summed E-state index contributed by atoms with van der Waals surface area (Å²) in [4.78, 5) is 4.22. The summed E-state index contributed by atoms with van der Waals surface area (Å²) in [7, 11) is 1.73. The highest BCUT2D eigenvalue weighted by Gasteiger charge is 2.29. The molecule has 0 amide bonds. The fourth-order valence-corrected chi connectivity index (χ4v) is 2.67. The van der Waals surface area contributed by atoms with Crippen LogP contribution in [0.15, 0.2) is 29.3 Å². The Balaban J connectivity index is 0.00000312. The van der Waals surface area contributed by atoms with Gasteiger partial charge in [-0.1, -0.05) is 19.1 Å². The molecule has 7 heteroatoms. The number of hydrogen-bond acceptors (Lipinski definition) is 3. The number of ether oxygens (including phenoxy) is 2. The molecule has 2 unspecified atom stereocenters. The van der Waals surface area contributed by atoms with E-state index in [0.29, 0.717) is 19.0 Å². The van der Waals surface area contributed by atoms with Gasteiger partial charge in [-0.05, 0) is 38.3 Å². The van der Waals surface area contributed by atoms with Gasteiger partial charge in [-0.3, -0.25) is 4.99 Å². The van der Waals surface area contributed by atoms with Crippen LogP contribution in [0.3, 0.4) is 0 Å². The maximum Gasteiger partial charge on any atom is 0.191 e. The van der Waals surface area contributed by atoms with Gasteiger partial charge in [-0.2, -0.15) is 0 Å². The fourth-order valence-electron chi connectivity index (χ4n) is 2.67. The predicted molar refractivity (Wildman–Crippen MR) is 109 cm³/mol. The summed E-state index contributed by atoms with van der Waals surface area (Å²) in [6, 6.07) is 6.46. The number of halogens is 2. The lowest BCUT2D eigenvalue weighted by molar-refractivity contribution is 0.0242. The number of nitrogens with zero attached hydrogens (tertiary/aromatic N) is 1. The summed E-state index contributed by atoms with van der Waals surface area (Å²) in [5, 5.41) is 6.53. The smallest absolute Gasteiger partial charge is 0.191 e. The molecule has 1 aromatic carbocycles. The van der Waals surface area contributed by atoms with Gasteiger partial charge in [-0.15, -0.1) is 24.0 Å². The van der Waals surface area contributed by atoms with Crippen molar-refractivity contribution in [2.75, 3.05) is 26.7 Å². The topological polar surface area (TPSA) is 54.9 Å². The molecule has 0 aromatic heterocycles. The third-order valence-corrected chi connectivity index (χ3v) is 4.24. The van der Waals surface area contributed by atoms with Gasteiger partial charge in [0.15, 0.2) is 17.5 Å². The van der Waals surface area contributed by atoms with E-state index in [0.717, 1.165) is 25.9 Å². The molecule has 0 spiro atoms. The Labute approximate surface area is 166 Å². The summed E-state index contributed by atoms with van der Waals surface area (Å²) in [5.41, 5.74) is -0.133. The lowest BCUT2D eigenvalue weighted by Crippen LogP contribution is -2.47. The molecule has 25 heavy (non-hydrogen) atoms. The number of nitrogens with one attached hydrogen (secondary N) is 2. The number of rotatable bonds is 7. The predicted octanol–water partition coefficient (Wildman–Crippen LogP) is 3.34. The van der Waals surface area contributed by atoms with Crippen LogP contribution in [0.5, 0.6) is 5.75 Å². The monoisotopic (exact) mass is 465 g/mol. The number of aliphatic imine (C=N–C) groups is 1. The Hall–Kier alpha value is -1.09. The quantitative estimate of drug-likeness (QED) is 0.369. The molecule has 1 heterocycles. The minimum absolute atomic E-state index is 0. The van der Waals surface area contributed by atoms with Crippen LogP contribution >= 0.6 is 24.0 Å². The maximum atomic E-state index is 13.7. The van der Waals surface area contributed by atoms with Crippen molar-refractivity contribution in [2.24, 2.45) is 4.99 Å². The van der Waals surface area contributed by atoms with Gasteiger partial charge in [0.2, 0.25) is 0 Å². The standard InChI is InChI=1S/C18H28FN3O2.HI/c1-4-14(24-16-9-6-5-8-15(16)19)12-21-17(20-3)22-13-18(2)10-7-11-23-18;/h5-6,8-9,14H,4,7,10-13H2,1-3H3,(H2,20,21,22);1H. The summed E-state index contributed by atoms with van der Waals surface area (Å²) in [6.45, 7) is 6.19. The minimum Gasteiger partial charge on any atom is -0.486 e. The van der Waals surface area contributed by atoms with Crippen molar-refractivity contribution >= 4 is 29.9 Å². The minimum atomic E-state index is -0.343. The van der Waals surface area contributed by atoms with Crippen molar-refractivity contribution in [1.29, 1.82) is 0 Å². The number of benzene rings is 1. The number of guanidine groups is 1. The van der Waals surface area contributed by atoms with E-state index in [-0.39, 0.29) is 47.2 Å². The molecule has 0 saturated carbocycles. The Morgan fingerprint density at radius 1 is 1.40 bits per heavy atom. The van der Waals surface area contributed by atoms with Gasteiger partial charge in [0.05, 0.1) is 12.1 Å². The zero-order valence-corrected chi connectivity index (χ0v) is 17.5. The molecule has 1 aliphatic rings. The molecule has 0 aliphatic carbocycles. The van der Waals surface area contributed by atoms with E-state index in [2.05, 4.69) is 22.5 Å². The molecule has 2 atom stereocenters. The molecule has 142 valence electrons. The molecule has 1 saturated heterocycles. The van der Waals surface area contributed by atoms with E-state index in [1.165, 1.54) is 6.07 Å². The Morgan fingerprint density at radius 2 is 2.16 bits per heavy atom. The zero-order valence-electron chi connectivity index (χ0n) is 15.2. The second-order valence-corrected chi connectivity index (χ2v) is 6.29. The van der Waals surface area contributed by atoms with Crippen LogP contribution in [-0.2, 0) is 4.74 Å². The molecule has 2 rings (SSSR count). The molecular weight excluding hydrogens is 436 g/mol. The van der Waals surface area contributed by atoms with E-state index in [1.807, 2.05) is 6.92 Å². The first-order valence-corrected chi connectivity index (χ1v) is 8.56. The first-order chi connectivity index (χ1) is 11.6. The number of hydrogen-bond donors (Lipinski definition) is 2. The van der Waals surface area contributed by atoms with Gasteiger partial charge >= 0.3 is 0 Å².